The molecule has 0 aliphatic heterocycles. The number of amides is 2. The minimum Gasteiger partial charge on any atom is -0.464 e. The van der Waals surface area contributed by atoms with Crippen LogP contribution in [0.3, 0.4) is 0 Å². The van der Waals surface area contributed by atoms with E-state index in [2.05, 4.69) is 38.0 Å². The van der Waals surface area contributed by atoms with E-state index in [1.165, 1.54) is 11.3 Å². The Kier molecular flexibility index (Phi) is 8.07. The van der Waals surface area contributed by atoms with Crippen molar-refractivity contribution in [3.8, 4) is 0 Å². The van der Waals surface area contributed by atoms with Crippen molar-refractivity contribution in [3.05, 3.63) is 52.2 Å². The van der Waals surface area contributed by atoms with Crippen LogP contribution in [0.25, 0.3) is 11.0 Å². The number of hydrogen-bond acceptors (Lipinski definition) is 5. The van der Waals surface area contributed by atoms with Crippen LogP contribution in [0.1, 0.15) is 44.0 Å². The SMILES string of the molecule is Cc1csc(CC(C(=O)NCc2ccc3occc3c2)C(=O)N(CC(C)C)CC(C)C)n1. The lowest BCUT2D eigenvalue weighted by Crippen LogP contribution is -2.46. The second-order valence-corrected chi connectivity index (χ2v) is 10.1. The van der Waals surface area contributed by atoms with E-state index in [1.54, 1.807) is 6.26 Å². The van der Waals surface area contributed by atoms with Crippen molar-refractivity contribution in [1.82, 2.24) is 15.2 Å². The zero-order valence-electron chi connectivity index (χ0n) is 19.6. The molecular formula is C25H33N3O3S. The standard InChI is InChI=1S/C25H33N3O3S/c1-16(2)13-28(14-17(3)4)25(30)21(11-23-27-18(5)15-32-23)24(29)26-12-19-6-7-22-20(10-19)8-9-31-22/h6-10,15-17,21H,11-14H2,1-5H3,(H,26,29). The Hall–Kier alpha value is -2.67. The molecule has 1 atom stereocenters. The molecular weight excluding hydrogens is 422 g/mol. The van der Waals surface area contributed by atoms with Crippen LogP contribution in [0, 0.1) is 24.7 Å². The smallest absolute Gasteiger partial charge is 0.235 e. The molecule has 2 heterocycles. The van der Waals surface area contributed by atoms with Gasteiger partial charge in [-0.1, -0.05) is 33.8 Å². The van der Waals surface area contributed by atoms with Crippen LogP contribution in [-0.4, -0.2) is 34.8 Å². The predicted molar refractivity (Wildman–Crippen MR) is 128 cm³/mol. The molecule has 1 unspecified atom stereocenters. The quantitative estimate of drug-likeness (QED) is 0.445. The molecule has 6 nitrogen and oxygen atoms in total. The molecule has 2 aromatic heterocycles. The molecule has 0 bridgehead atoms. The van der Waals surface area contributed by atoms with Gasteiger partial charge in [-0.05, 0) is 42.5 Å². The van der Waals surface area contributed by atoms with Crippen LogP contribution in [0.15, 0.2) is 40.3 Å². The molecule has 0 saturated carbocycles. The maximum Gasteiger partial charge on any atom is 0.235 e. The first-order valence-electron chi connectivity index (χ1n) is 11.2. The van der Waals surface area contributed by atoms with Crippen molar-refractivity contribution >= 4 is 34.1 Å². The van der Waals surface area contributed by atoms with E-state index in [9.17, 15) is 9.59 Å². The van der Waals surface area contributed by atoms with Crippen LogP contribution in [0.5, 0.6) is 0 Å². The highest BCUT2D eigenvalue weighted by atomic mass is 32.1. The van der Waals surface area contributed by atoms with E-state index in [4.69, 9.17) is 4.42 Å². The van der Waals surface area contributed by atoms with Crippen LogP contribution in [-0.2, 0) is 22.6 Å². The van der Waals surface area contributed by atoms with Crippen molar-refractivity contribution < 1.29 is 14.0 Å². The number of thiazole rings is 1. The fraction of sp³-hybridized carbons (Fsp3) is 0.480. The number of benzene rings is 1. The summed E-state index contributed by atoms with van der Waals surface area (Å²) in [6.45, 7) is 11.9. The highest BCUT2D eigenvalue weighted by molar-refractivity contribution is 7.09. The molecule has 7 heteroatoms. The van der Waals surface area contributed by atoms with Gasteiger partial charge < -0.3 is 14.6 Å². The van der Waals surface area contributed by atoms with Gasteiger partial charge in [0.05, 0.1) is 11.3 Å². The summed E-state index contributed by atoms with van der Waals surface area (Å²) in [5.74, 6) is -0.526. The van der Waals surface area contributed by atoms with E-state index >= 15 is 0 Å². The molecule has 0 saturated heterocycles. The number of nitrogens with zero attached hydrogens (tertiary/aromatic N) is 2. The molecule has 3 rings (SSSR count). The lowest BCUT2D eigenvalue weighted by molar-refractivity contribution is -0.143. The molecule has 172 valence electrons. The normalized spacial score (nSPS) is 12.5. The molecule has 3 aromatic rings. The average Bonchev–Trinajstić information content (AvgIpc) is 3.36. The van der Waals surface area contributed by atoms with Crippen LogP contribution in [0.2, 0.25) is 0 Å². The van der Waals surface area contributed by atoms with Crippen LogP contribution in [0.4, 0.5) is 0 Å². The van der Waals surface area contributed by atoms with Gasteiger partial charge in [-0.25, -0.2) is 4.98 Å². The van der Waals surface area contributed by atoms with E-state index < -0.39 is 5.92 Å². The summed E-state index contributed by atoms with van der Waals surface area (Å²) in [6, 6.07) is 7.71. The van der Waals surface area contributed by atoms with E-state index in [0.717, 1.165) is 27.2 Å². The van der Waals surface area contributed by atoms with Crippen molar-refractivity contribution in [3.63, 3.8) is 0 Å². The second kappa shape index (κ2) is 10.8. The number of furan rings is 1. The van der Waals surface area contributed by atoms with Crippen molar-refractivity contribution in [2.45, 2.75) is 47.6 Å². The molecule has 2 amide bonds. The second-order valence-electron chi connectivity index (χ2n) is 9.18. The summed E-state index contributed by atoms with van der Waals surface area (Å²) in [5, 5.41) is 6.74. The lowest BCUT2D eigenvalue weighted by atomic mass is 10.0. The summed E-state index contributed by atoms with van der Waals surface area (Å²) in [6.07, 6.45) is 1.96. The molecule has 0 radical (unpaired) electrons. The van der Waals surface area contributed by atoms with Gasteiger partial charge in [0, 0.05) is 42.5 Å². The molecule has 0 aliphatic carbocycles. The van der Waals surface area contributed by atoms with E-state index in [1.807, 2.05) is 41.5 Å². The van der Waals surface area contributed by atoms with E-state index in [-0.39, 0.29) is 11.8 Å². The number of nitrogens with one attached hydrogen (secondary N) is 1. The highest BCUT2D eigenvalue weighted by Gasteiger charge is 2.32. The maximum atomic E-state index is 13.5. The number of hydrogen-bond donors (Lipinski definition) is 1. The van der Waals surface area contributed by atoms with Gasteiger partial charge >= 0.3 is 0 Å². The third-order valence-corrected chi connectivity index (χ3v) is 6.12. The van der Waals surface area contributed by atoms with Crippen molar-refractivity contribution in [2.75, 3.05) is 13.1 Å². The summed E-state index contributed by atoms with van der Waals surface area (Å²) < 4.78 is 5.38. The summed E-state index contributed by atoms with van der Waals surface area (Å²) in [7, 11) is 0. The van der Waals surface area contributed by atoms with Gasteiger partial charge in [-0.15, -0.1) is 11.3 Å². The topological polar surface area (TPSA) is 75.4 Å². The monoisotopic (exact) mass is 455 g/mol. The van der Waals surface area contributed by atoms with Crippen LogP contribution < -0.4 is 5.32 Å². The fourth-order valence-electron chi connectivity index (χ4n) is 3.76. The Balaban J connectivity index is 1.77. The highest BCUT2D eigenvalue weighted by Crippen LogP contribution is 2.20. The molecule has 32 heavy (non-hydrogen) atoms. The number of carbonyl (C=O) groups excluding carboxylic acids is 2. The van der Waals surface area contributed by atoms with Crippen molar-refractivity contribution in [1.29, 1.82) is 0 Å². The number of aryl methyl sites for hydroxylation is 1. The molecule has 0 aliphatic rings. The number of carbonyl (C=O) groups is 2. The third kappa shape index (κ3) is 6.42. The molecule has 1 aromatic carbocycles. The number of rotatable bonds is 10. The minimum absolute atomic E-state index is 0.122. The molecule has 0 spiro atoms. The lowest BCUT2D eigenvalue weighted by Gasteiger charge is -2.29. The number of fused-ring (bicyclic) bond motifs is 1. The third-order valence-electron chi connectivity index (χ3n) is 5.13. The van der Waals surface area contributed by atoms with Gasteiger partial charge in [-0.2, -0.15) is 0 Å². The average molecular weight is 456 g/mol. The van der Waals surface area contributed by atoms with Crippen molar-refractivity contribution in [2.24, 2.45) is 17.8 Å². The molecule has 1 N–H and O–H groups in total. The zero-order chi connectivity index (χ0) is 23.3. The minimum atomic E-state index is -0.796. The predicted octanol–water partition coefficient (Wildman–Crippen LogP) is 4.81. The first-order chi connectivity index (χ1) is 15.2. The fourth-order valence-corrected chi connectivity index (χ4v) is 4.58. The Morgan fingerprint density at radius 1 is 1.12 bits per heavy atom. The zero-order valence-corrected chi connectivity index (χ0v) is 20.4. The van der Waals surface area contributed by atoms with Gasteiger partial charge in [0.25, 0.3) is 0 Å². The van der Waals surface area contributed by atoms with Crippen LogP contribution >= 0.6 is 11.3 Å². The first-order valence-corrected chi connectivity index (χ1v) is 12.0. The van der Waals surface area contributed by atoms with Gasteiger partial charge in [-0.3, -0.25) is 9.59 Å². The Morgan fingerprint density at radius 3 is 2.47 bits per heavy atom. The summed E-state index contributed by atoms with van der Waals surface area (Å²) in [5.41, 5.74) is 2.68. The number of aromatic nitrogens is 1. The van der Waals surface area contributed by atoms with E-state index in [0.29, 0.717) is 37.9 Å². The van der Waals surface area contributed by atoms with Gasteiger partial charge in [0.2, 0.25) is 11.8 Å². The first kappa shape index (κ1) is 24.0. The molecule has 0 fully saturated rings. The Labute approximate surface area is 194 Å². The largest absolute Gasteiger partial charge is 0.464 e. The van der Waals surface area contributed by atoms with Gasteiger partial charge in [0.1, 0.15) is 11.5 Å². The van der Waals surface area contributed by atoms with Gasteiger partial charge in [0.15, 0.2) is 0 Å². The maximum absolute atomic E-state index is 13.5. The summed E-state index contributed by atoms with van der Waals surface area (Å²) in [4.78, 5) is 33.2. The Bertz CT molecular complexity index is 1040. The Morgan fingerprint density at radius 2 is 1.84 bits per heavy atom. The summed E-state index contributed by atoms with van der Waals surface area (Å²) >= 11 is 1.50.